The van der Waals surface area contributed by atoms with E-state index in [2.05, 4.69) is 15.3 Å². The highest BCUT2D eigenvalue weighted by atomic mass is 32.1. The normalized spacial score (nSPS) is 11.4. The number of aromatic carboxylic acids is 1. The van der Waals surface area contributed by atoms with Gasteiger partial charge in [0.05, 0.1) is 25.3 Å². The van der Waals surface area contributed by atoms with Crippen LogP contribution in [0.25, 0.3) is 33.6 Å². The van der Waals surface area contributed by atoms with E-state index in [0.717, 1.165) is 5.69 Å². The van der Waals surface area contributed by atoms with Crippen molar-refractivity contribution in [3.05, 3.63) is 88.9 Å². The minimum Gasteiger partial charge on any atom is -0.493 e. The summed E-state index contributed by atoms with van der Waals surface area (Å²) < 4.78 is 25.8. The molecule has 190 valence electrons. The van der Waals surface area contributed by atoms with E-state index in [0.29, 0.717) is 50.2 Å². The van der Waals surface area contributed by atoms with Crippen LogP contribution < -0.4 is 14.8 Å². The molecule has 0 radical (unpaired) electrons. The van der Waals surface area contributed by atoms with Gasteiger partial charge in [0.2, 0.25) is 0 Å². The largest absolute Gasteiger partial charge is 0.493 e. The van der Waals surface area contributed by atoms with Crippen molar-refractivity contribution in [3.63, 3.8) is 0 Å². The maximum atomic E-state index is 15.1. The van der Waals surface area contributed by atoms with Gasteiger partial charge in [0.1, 0.15) is 16.2 Å². The second-order valence-corrected chi connectivity index (χ2v) is 8.93. The summed E-state index contributed by atoms with van der Waals surface area (Å²) in [5, 5.41) is 12.3. The summed E-state index contributed by atoms with van der Waals surface area (Å²) in [6.45, 7) is 0. The van der Waals surface area contributed by atoms with Gasteiger partial charge in [-0.15, -0.1) is 11.3 Å². The number of carboxylic acid groups (broad SMARTS) is 1. The van der Waals surface area contributed by atoms with Crippen LogP contribution in [-0.4, -0.2) is 40.2 Å². The number of fused-ring (bicyclic) bond motifs is 1. The number of rotatable bonds is 8. The van der Waals surface area contributed by atoms with Crippen molar-refractivity contribution in [1.82, 2.24) is 15.0 Å². The number of thiazole rings is 1. The van der Waals surface area contributed by atoms with Crippen LogP contribution in [-0.2, 0) is 0 Å². The number of aromatic nitrogens is 3. The van der Waals surface area contributed by atoms with Gasteiger partial charge in [0, 0.05) is 22.9 Å². The standard InChI is InChI=1S/C28H21FN4O4S/c1-36-22-11-10-20(14-23(22)37-2)31-26-24-27(38-15-30-24)33-25(32-26)19-5-3-4-18(13-19)21(29)12-16-6-8-17(9-7-16)28(34)35/h3-15H,1-2H3,(H,34,35)(H,31,32,33)/b21-12-. The highest BCUT2D eigenvalue weighted by Crippen LogP contribution is 2.34. The number of carbonyl (C=O) groups is 1. The van der Waals surface area contributed by atoms with Gasteiger partial charge in [-0.25, -0.2) is 24.1 Å². The van der Waals surface area contributed by atoms with E-state index in [-0.39, 0.29) is 5.56 Å². The highest BCUT2D eigenvalue weighted by molar-refractivity contribution is 7.16. The maximum absolute atomic E-state index is 15.1. The predicted octanol–water partition coefficient (Wildman–Crippen LogP) is 6.68. The third-order valence-electron chi connectivity index (χ3n) is 5.69. The van der Waals surface area contributed by atoms with Gasteiger partial charge in [-0.2, -0.15) is 0 Å². The Morgan fingerprint density at radius 3 is 2.50 bits per heavy atom. The number of hydrogen-bond acceptors (Lipinski definition) is 8. The van der Waals surface area contributed by atoms with Crippen molar-refractivity contribution in [2.75, 3.05) is 19.5 Å². The topological polar surface area (TPSA) is 106 Å². The molecule has 5 aromatic rings. The third-order valence-corrected chi connectivity index (χ3v) is 6.41. The van der Waals surface area contributed by atoms with Crippen LogP contribution in [0.1, 0.15) is 21.5 Å². The molecule has 0 spiro atoms. The zero-order valence-electron chi connectivity index (χ0n) is 20.3. The molecule has 8 nitrogen and oxygen atoms in total. The monoisotopic (exact) mass is 528 g/mol. The molecule has 0 fully saturated rings. The Hall–Kier alpha value is -4.83. The molecule has 0 bridgehead atoms. The Kier molecular flexibility index (Phi) is 6.96. The number of hydrogen-bond donors (Lipinski definition) is 2. The fourth-order valence-electron chi connectivity index (χ4n) is 3.79. The number of nitrogens with one attached hydrogen (secondary N) is 1. The Morgan fingerprint density at radius 1 is 0.974 bits per heavy atom. The third kappa shape index (κ3) is 5.16. The molecule has 0 atom stereocenters. The summed E-state index contributed by atoms with van der Waals surface area (Å²) in [6.07, 6.45) is 1.35. The van der Waals surface area contributed by atoms with Gasteiger partial charge < -0.3 is 19.9 Å². The van der Waals surface area contributed by atoms with Crippen molar-refractivity contribution < 1.29 is 23.8 Å². The molecule has 0 unspecified atom stereocenters. The number of benzene rings is 3. The van der Waals surface area contributed by atoms with Crippen molar-refractivity contribution in [3.8, 4) is 22.9 Å². The first kappa shape index (κ1) is 24.8. The van der Waals surface area contributed by atoms with Gasteiger partial charge in [-0.1, -0.05) is 30.3 Å². The van der Waals surface area contributed by atoms with Crippen molar-refractivity contribution in [2.45, 2.75) is 0 Å². The quantitative estimate of drug-likeness (QED) is 0.215. The SMILES string of the molecule is COc1ccc(Nc2nc(-c3cccc(/C(F)=C/c4ccc(C(=O)O)cc4)c3)nc3scnc23)cc1OC. The Bertz CT molecular complexity index is 1670. The van der Waals surface area contributed by atoms with Gasteiger partial charge in [0.15, 0.2) is 23.1 Å². The van der Waals surface area contributed by atoms with E-state index >= 15 is 4.39 Å². The Balaban J connectivity index is 1.48. The average molecular weight is 529 g/mol. The number of nitrogens with zero attached hydrogens (tertiary/aromatic N) is 3. The highest BCUT2D eigenvalue weighted by Gasteiger charge is 2.14. The molecule has 0 aliphatic carbocycles. The van der Waals surface area contributed by atoms with E-state index in [1.807, 2.05) is 6.07 Å². The minimum atomic E-state index is -1.04. The van der Waals surface area contributed by atoms with Crippen molar-refractivity contribution >= 4 is 51.1 Å². The molecule has 0 amide bonds. The molecular weight excluding hydrogens is 507 g/mol. The molecule has 38 heavy (non-hydrogen) atoms. The van der Waals surface area contributed by atoms with Crippen LogP contribution in [0.15, 0.2) is 72.2 Å². The second kappa shape index (κ2) is 10.7. The van der Waals surface area contributed by atoms with Crippen LogP contribution in [0.3, 0.4) is 0 Å². The predicted molar refractivity (Wildman–Crippen MR) is 146 cm³/mol. The van der Waals surface area contributed by atoms with E-state index in [1.54, 1.807) is 68.3 Å². The van der Waals surface area contributed by atoms with E-state index in [1.165, 1.54) is 29.5 Å². The first-order chi connectivity index (χ1) is 18.4. The van der Waals surface area contributed by atoms with E-state index < -0.39 is 11.8 Å². The number of anilines is 2. The van der Waals surface area contributed by atoms with Gasteiger partial charge in [-0.05, 0) is 42.0 Å². The summed E-state index contributed by atoms with van der Waals surface area (Å²) in [5.41, 5.74) is 4.67. The lowest BCUT2D eigenvalue weighted by molar-refractivity contribution is 0.0697. The van der Waals surface area contributed by atoms with Gasteiger partial charge in [-0.3, -0.25) is 0 Å². The van der Waals surface area contributed by atoms with Crippen LogP contribution in [0.2, 0.25) is 0 Å². The number of halogens is 1. The smallest absolute Gasteiger partial charge is 0.335 e. The first-order valence-corrected chi connectivity index (χ1v) is 12.2. The number of ether oxygens (including phenoxy) is 2. The van der Waals surface area contributed by atoms with Crippen LogP contribution in [0.4, 0.5) is 15.9 Å². The molecule has 10 heteroatoms. The summed E-state index contributed by atoms with van der Waals surface area (Å²) in [6, 6.07) is 18.2. The molecule has 0 saturated carbocycles. The summed E-state index contributed by atoms with van der Waals surface area (Å²) in [7, 11) is 3.14. The Labute approximate surface area is 221 Å². The van der Waals surface area contributed by atoms with Crippen LogP contribution >= 0.6 is 11.3 Å². The molecule has 2 heterocycles. The molecule has 3 aromatic carbocycles. The van der Waals surface area contributed by atoms with Crippen molar-refractivity contribution in [1.29, 1.82) is 0 Å². The zero-order chi connectivity index (χ0) is 26.6. The number of methoxy groups -OCH3 is 2. The molecule has 0 saturated heterocycles. The van der Waals surface area contributed by atoms with Crippen LogP contribution in [0.5, 0.6) is 11.5 Å². The first-order valence-electron chi connectivity index (χ1n) is 11.4. The van der Waals surface area contributed by atoms with Crippen LogP contribution in [0, 0.1) is 0 Å². The fraction of sp³-hybridized carbons (Fsp3) is 0.0714. The molecular formula is C28H21FN4O4S. The minimum absolute atomic E-state index is 0.137. The summed E-state index contributed by atoms with van der Waals surface area (Å²) in [5.74, 6) is 0.562. The van der Waals surface area contributed by atoms with Gasteiger partial charge >= 0.3 is 5.97 Å². The molecule has 0 aliphatic heterocycles. The number of carboxylic acids is 1. The molecule has 0 aliphatic rings. The lowest BCUT2D eigenvalue weighted by Gasteiger charge is -2.12. The molecule has 2 N–H and O–H groups in total. The molecule has 5 rings (SSSR count). The van der Waals surface area contributed by atoms with E-state index in [4.69, 9.17) is 19.6 Å². The summed E-state index contributed by atoms with van der Waals surface area (Å²) in [4.78, 5) is 25.5. The van der Waals surface area contributed by atoms with Crippen molar-refractivity contribution in [2.24, 2.45) is 0 Å². The lowest BCUT2D eigenvalue weighted by atomic mass is 10.1. The fourth-order valence-corrected chi connectivity index (χ4v) is 4.45. The Morgan fingerprint density at radius 2 is 1.76 bits per heavy atom. The van der Waals surface area contributed by atoms with Gasteiger partial charge in [0.25, 0.3) is 0 Å². The van der Waals surface area contributed by atoms with E-state index in [9.17, 15) is 4.79 Å². The zero-order valence-corrected chi connectivity index (χ0v) is 21.1. The lowest BCUT2D eigenvalue weighted by Crippen LogP contribution is -2.00. The summed E-state index contributed by atoms with van der Waals surface area (Å²) >= 11 is 1.38. The maximum Gasteiger partial charge on any atom is 0.335 e. The average Bonchev–Trinajstić information content (AvgIpc) is 3.42. The molecule has 2 aromatic heterocycles. The second-order valence-electron chi connectivity index (χ2n) is 8.10.